The average molecular weight is 355 g/mol. The molecule has 0 bridgehead atoms. The summed E-state index contributed by atoms with van der Waals surface area (Å²) in [6, 6.07) is 19.7. The van der Waals surface area contributed by atoms with E-state index in [-0.39, 0.29) is 13.2 Å². The van der Waals surface area contributed by atoms with Crippen molar-refractivity contribution in [1.82, 2.24) is 4.90 Å². The number of piperidine rings is 1. The second kappa shape index (κ2) is 10.2. The zero-order valence-corrected chi connectivity index (χ0v) is 15.0. The fraction of sp³-hybridized carbons (Fsp3) is 0.333. The minimum Gasteiger partial charge on any atom is -0.481 e. The van der Waals surface area contributed by atoms with Gasteiger partial charge < -0.3 is 14.7 Å². The van der Waals surface area contributed by atoms with Crippen LogP contribution in [0.2, 0.25) is 0 Å². The quantitative estimate of drug-likeness (QED) is 0.899. The second-order valence-electron chi connectivity index (χ2n) is 6.32. The van der Waals surface area contributed by atoms with Gasteiger partial charge in [-0.1, -0.05) is 66.2 Å². The van der Waals surface area contributed by atoms with E-state index in [1.807, 2.05) is 48.5 Å². The van der Waals surface area contributed by atoms with Crippen LogP contribution in [0, 0.1) is 12.8 Å². The maximum atomic E-state index is 11.9. The maximum Gasteiger partial charge on any atom is 0.410 e. The van der Waals surface area contributed by atoms with Gasteiger partial charge in [0.1, 0.15) is 6.61 Å². The molecule has 3 rings (SSSR count). The Labute approximate surface area is 154 Å². The van der Waals surface area contributed by atoms with Gasteiger partial charge in [0.05, 0.1) is 5.92 Å². The summed E-state index contributed by atoms with van der Waals surface area (Å²) < 4.78 is 5.19. The highest BCUT2D eigenvalue weighted by molar-refractivity contribution is 5.73. The number of hydrogen-bond donors (Lipinski definition) is 1. The minimum absolute atomic E-state index is 0.216. The number of aryl methyl sites for hydroxylation is 1. The monoisotopic (exact) mass is 355 g/mol. The molecule has 138 valence electrons. The summed E-state index contributed by atoms with van der Waals surface area (Å²) in [5.41, 5.74) is 2.24. The van der Waals surface area contributed by atoms with E-state index in [1.54, 1.807) is 0 Å². The molecular weight excluding hydrogens is 330 g/mol. The summed E-state index contributed by atoms with van der Waals surface area (Å²) in [6.07, 6.45) is 0.893. The molecule has 1 N–H and O–H groups in total. The molecule has 2 aromatic carbocycles. The lowest BCUT2D eigenvalue weighted by molar-refractivity contribution is -0.143. The first-order chi connectivity index (χ1) is 12.6. The molecule has 1 saturated heterocycles. The van der Waals surface area contributed by atoms with E-state index in [0.717, 1.165) is 5.56 Å². The van der Waals surface area contributed by atoms with Gasteiger partial charge in [-0.2, -0.15) is 0 Å². The van der Waals surface area contributed by atoms with Gasteiger partial charge in [0.25, 0.3) is 0 Å². The Hall–Kier alpha value is -2.82. The lowest BCUT2D eigenvalue weighted by Gasteiger charge is -2.29. The van der Waals surface area contributed by atoms with Crippen LogP contribution in [0.3, 0.4) is 0 Å². The van der Waals surface area contributed by atoms with Gasteiger partial charge in [0, 0.05) is 13.1 Å². The number of benzene rings is 2. The highest BCUT2D eigenvalue weighted by Crippen LogP contribution is 2.17. The summed E-state index contributed by atoms with van der Waals surface area (Å²) in [5, 5.41) is 8.97. The Bertz CT molecular complexity index is 688. The second-order valence-corrected chi connectivity index (χ2v) is 6.32. The molecule has 5 heteroatoms. The van der Waals surface area contributed by atoms with E-state index in [2.05, 4.69) is 19.1 Å². The van der Waals surface area contributed by atoms with Crippen molar-refractivity contribution in [3.05, 3.63) is 71.8 Å². The van der Waals surface area contributed by atoms with E-state index < -0.39 is 18.0 Å². The number of carboxylic acids is 1. The molecule has 1 aliphatic heterocycles. The van der Waals surface area contributed by atoms with Crippen LogP contribution in [0.5, 0.6) is 0 Å². The Balaban J connectivity index is 0.000000290. The molecular formula is C21H25NO4. The topological polar surface area (TPSA) is 66.8 Å². The maximum absolute atomic E-state index is 11.9. The van der Waals surface area contributed by atoms with Gasteiger partial charge in [-0.25, -0.2) is 4.79 Å². The molecule has 0 aliphatic carbocycles. The number of amides is 1. The molecule has 1 aliphatic rings. The van der Waals surface area contributed by atoms with Crippen molar-refractivity contribution in [3.8, 4) is 0 Å². The number of carbonyl (C=O) groups excluding carboxylic acids is 1. The molecule has 1 heterocycles. The fourth-order valence-electron chi connectivity index (χ4n) is 2.69. The summed E-state index contributed by atoms with van der Waals surface area (Å²) >= 11 is 0. The molecule has 0 unspecified atom stereocenters. The largest absolute Gasteiger partial charge is 0.481 e. The third kappa shape index (κ3) is 6.59. The van der Waals surface area contributed by atoms with Crippen molar-refractivity contribution < 1.29 is 19.4 Å². The Morgan fingerprint density at radius 2 is 1.69 bits per heavy atom. The molecule has 26 heavy (non-hydrogen) atoms. The average Bonchev–Trinajstić information content (AvgIpc) is 2.68. The van der Waals surface area contributed by atoms with E-state index in [9.17, 15) is 9.59 Å². The molecule has 1 atom stereocenters. The predicted octanol–water partition coefficient (Wildman–Crippen LogP) is 4.11. The molecule has 0 saturated carbocycles. The van der Waals surface area contributed by atoms with Crippen LogP contribution in [0.4, 0.5) is 4.79 Å². The molecule has 1 amide bonds. The smallest absolute Gasteiger partial charge is 0.410 e. The van der Waals surface area contributed by atoms with E-state index in [0.29, 0.717) is 19.4 Å². The number of aliphatic carboxylic acids is 1. The third-order valence-corrected chi connectivity index (χ3v) is 4.17. The standard InChI is InChI=1S/C14H17NO4.C7H8/c16-13(17)12-7-4-8-15(9-12)14(18)19-10-11-5-2-1-3-6-11;1-7-5-3-2-4-6-7/h1-3,5-6,12H,4,7-10H2,(H,16,17);2-6H,1H3/t12-;/m1./s1. The van der Waals surface area contributed by atoms with E-state index in [1.165, 1.54) is 10.5 Å². The van der Waals surface area contributed by atoms with Crippen LogP contribution >= 0.6 is 0 Å². The van der Waals surface area contributed by atoms with E-state index in [4.69, 9.17) is 9.84 Å². The first-order valence-electron chi connectivity index (χ1n) is 8.76. The van der Waals surface area contributed by atoms with Crippen molar-refractivity contribution in [2.45, 2.75) is 26.4 Å². The van der Waals surface area contributed by atoms with Gasteiger partial charge in [0.15, 0.2) is 0 Å². The van der Waals surface area contributed by atoms with Crippen LogP contribution in [-0.2, 0) is 16.1 Å². The highest BCUT2D eigenvalue weighted by atomic mass is 16.6. The minimum atomic E-state index is -0.847. The van der Waals surface area contributed by atoms with Crippen molar-refractivity contribution >= 4 is 12.1 Å². The number of carbonyl (C=O) groups is 2. The molecule has 5 nitrogen and oxygen atoms in total. The highest BCUT2D eigenvalue weighted by Gasteiger charge is 2.28. The SMILES string of the molecule is Cc1ccccc1.O=C(O)[C@@H]1CCCN(C(=O)OCc2ccccc2)C1. The molecule has 1 fully saturated rings. The van der Waals surface area contributed by atoms with Crippen LogP contribution in [0.25, 0.3) is 0 Å². The van der Waals surface area contributed by atoms with Crippen molar-refractivity contribution in [2.75, 3.05) is 13.1 Å². The molecule has 0 radical (unpaired) electrons. The van der Waals surface area contributed by atoms with Crippen LogP contribution in [0.15, 0.2) is 60.7 Å². The molecule has 2 aromatic rings. The van der Waals surface area contributed by atoms with Crippen molar-refractivity contribution in [3.63, 3.8) is 0 Å². The number of rotatable bonds is 3. The number of carboxylic acid groups (broad SMARTS) is 1. The van der Waals surface area contributed by atoms with Gasteiger partial charge in [-0.15, -0.1) is 0 Å². The van der Waals surface area contributed by atoms with Crippen LogP contribution in [0.1, 0.15) is 24.0 Å². The number of ether oxygens (including phenoxy) is 1. The molecule has 0 aromatic heterocycles. The summed E-state index contributed by atoms with van der Waals surface area (Å²) in [5.74, 6) is -1.32. The Morgan fingerprint density at radius 3 is 2.23 bits per heavy atom. The lowest BCUT2D eigenvalue weighted by atomic mass is 9.99. The zero-order valence-electron chi connectivity index (χ0n) is 15.0. The number of likely N-dealkylation sites (tertiary alicyclic amines) is 1. The molecule has 0 spiro atoms. The van der Waals surface area contributed by atoms with Crippen LogP contribution in [-0.4, -0.2) is 35.2 Å². The number of nitrogens with zero attached hydrogens (tertiary/aromatic N) is 1. The Morgan fingerprint density at radius 1 is 1.08 bits per heavy atom. The van der Waals surface area contributed by atoms with Crippen molar-refractivity contribution in [2.24, 2.45) is 5.92 Å². The van der Waals surface area contributed by atoms with Crippen molar-refractivity contribution in [1.29, 1.82) is 0 Å². The fourth-order valence-corrected chi connectivity index (χ4v) is 2.69. The van der Waals surface area contributed by atoms with Crippen LogP contribution < -0.4 is 0 Å². The van der Waals surface area contributed by atoms with Gasteiger partial charge >= 0.3 is 12.1 Å². The summed E-state index contributed by atoms with van der Waals surface area (Å²) in [7, 11) is 0. The summed E-state index contributed by atoms with van der Waals surface area (Å²) in [4.78, 5) is 24.3. The normalized spacial score (nSPS) is 16.2. The van der Waals surface area contributed by atoms with Gasteiger partial charge in [0.2, 0.25) is 0 Å². The predicted molar refractivity (Wildman–Crippen MR) is 99.7 cm³/mol. The number of hydrogen-bond acceptors (Lipinski definition) is 3. The third-order valence-electron chi connectivity index (χ3n) is 4.17. The summed E-state index contributed by atoms with van der Waals surface area (Å²) in [6.45, 7) is 3.11. The first kappa shape index (κ1) is 19.5. The van der Waals surface area contributed by atoms with Gasteiger partial charge in [-0.05, 0) is 25.3 Å². The first-order valence-corrected chi connectivity index (χ1v) is 8.76. The lowest BCUT2D eigenvalue weighted by Crippen LogP contribution is -2.42. The van der Waals surface area contributed by atoms with Gasteiger partial charge in [-0.3, -0.25) is 4.79 Å². The Kier molecular flexibility index (Phi) is 7.68. The van der Waals surface area contributed by atoms with E-state index >= 15 is 0 Å². The zero-order chi connectivity index (χ0) is 18.8.